The van der Waals surface area contributed by atoms with Gasteiger partial charge in [-0.25, -0.2) is 4.79 Å². The summed E-state index contributed by atoms with van der Waals surface area (Å²) in [6, 6.07) is 13.8. The highest BCUT2D eigenvalue weighted by Gasteiger charge is 2.16. The lowest BCUT2D eigenvalue weighted by Gasteiger charge is -2.00. The van der Waals surface area contributed by atoms with Crippen LogP contribution in [0.3, 0.4) is 0 Å². The average molecular weight is 331 g/mol. The van der Waals surface area contributed by atoms with E-state index in [0.717, 1.165) is 5.56 Å². The summed E-state index contributed by atoms with van der Waals surface area (Å²) in [5.41, 5.74) is 1.64. The Kier molecular flexibility index (Phi) is 4.25. The van der Waals surface area contributed by atoms with E-state index in [2.05, 4.69) is 10.2 Å². The molecule has 2 heterocycles. The topological polar surface area (TPSA) is 85.2 Å². The first kappa shape index (κ1) is 15.1. The van der Waals surface area contributed by atoms with Gasteiger partial charge in [-0.2, -0.15) is 5.10 Å². The Bertz CT molecular complexity index is 839. The van der Waals surface area contributed by atoms with Crippen molar-refractivity contribution in [1.82, 2.24) is 10.2 Å². The molecular formula is C16H11ClN2O4. The summed E-state index contributed by atoms with van der Waals surface area (Å²) < 4.78 is 9.89. The van der Waals surface area contributed by atoms with Crippen LogP contribution in [0, 0.1) is 0 Å². The summed E-state index contributed by atoms with van der Waals surface area (Å²) in [6.45, 7) is -0.442. The van der Waals surface area contributed by atoms with E-state index in [-0.39, 0.29) is 16.7 Å². The minimum absolute atomic E-state index is 0.0392. The van der Waals surface area contributed by atoms with Gasteiger partial charge in [0.15, 0.2) is 17.6 Å². The van der Waals surface area contributed by atoms with E-state index in [1.807, 2.05) is 30.3 Å². The number of Topliss-reactive ketones (excluding diaryl/α,β-unsaturated/α-hetero) is 1. The van der Waals surface area contributed by atoms with Gasteiger partial charge >= 0.3 is 5.97 Å². The number of rotatable bonds is 5. The van der Waals surface area contributed by atoms with E-state index in [9.17, 15) is 9.59 Å². The molecule has 0 bridgehead atoms. The highest BCUT2D eigenvalue weighted by Crippen LogP contribution is 2.17. The molecule has 0 atom stereocenters. The molecule has 0 saturated heterocycles. The molecular weight excluding hydrogens is 320 g/mol. The molecule has 116 valence electrons. The Morgan fingerprint density at radius 3 is 2.65 bits per heavy atom. The first-order chi connectivity index (χ1) is 11.1. The van der Waals surface area contributed by atoms with E-state index in [0.29, 0.717) is 5.69 Å². The van der Waals surface area contributed by atoms with Crippen molar-refractivity contribution < 1.29 is 18.7 Å². The molecule has 23 heavy (non-hydrogen) atoms. The quantitative estimate of drug-likeness (QED) is 0.572. The first-order valence-electron chi connectivity index (χ1n) is 6.70. The maximum Gasteiger partial charge on any atom is 0.356 e. The van der Waals surface area contributed by atoms with E-state index < -0.39 is 18.4 Å². The van der Waals surface area contributed by atoms with Gasteiger partial charge in [0.25, 0.3) is 0 Å². The normalized spacial score (nSPS) is 10.5. The summed E-state index contributed by atoms with van der Waals surface area (Å²) in [5, 5.41) is 6.74. The molecule has 1 N–H and O–H groups in total. The third-order valence-corrected chi connectivity index (χ3v) is 3.25. The van der Waals surface area contributed by atoms with Crippen molar-refractivity contribution in [3.63, 3.8) is 0 Å². The molecule has 0 saturated carbocycles. The Labute approximate surface area is 136 Å². The van der Waals surface area contributed by atoms with Gasteiger partial charge in [-0.05, 0) is 29.8 Å². The number of furan rings is 1. The molecule has 0 aliphatic heterocycles. The SMILES string of the molecule is O=C(OCC(=O)c1ccc(Cl)o1)c1cc(-c2ccccc2)n[nH]1. The Morgan fingerprint density at radius 1 is 1.17 bits per heavy atom. The van der Waals surface area contributed by atoms with Crippen LogP contribution in [-0.4, -0.2) is 28.6 Å². The van der Waals surface area contributed by atoms with E-state index in [1.165, 1.54) is 12.1 Å². The molecule has 0 aliphatic rings. The van der Waals surface area contributed by atoms with Crippen LogP contribution in [-0.2, 0) is 4.74 Å². The standard InChI is InChI=1S/C16H11ClN2O4/c17-15-7-6-14(23-15)13(20)9-22-16(21)12-8-11(18-19-12)10-4-2-1-3-5-10/h1-8H,9H2,(H,18,19). The zero-order valence-corrected chi connectivity index (χ0v) is 12.5. The molecule has 0 aliphatic carbocycles. The largest absolute Gasteiger partial charge is 0.452 e. The molecule has 3 rings (SSSR count). The zero-order valence-electron chi connectivity index (χ0n) is 11.8. The third-order valence-electron chi connectivity index (χ3n) is 3.05. The average Bonchev–Trinajstić information content (AvgIpc) is 3.22. The van der Waals surface area contributed by atoms with Crippen LogP contribution in [0.15, 0.2) is 52.9 Å². The van der Waals surface area contributed by atoms with Crippen LogP contribution in [0.1, 0.15) is 21.0 Å². The van der Waals surface area contributed by atoms with E-state index in [4.69, 9.17) is 20.8 Å². The summed E-state index contributed by atoms with van der Waals surface area (Å²) in [6.07, 6.45) is 0. The predicted molar refractivity (Wildman–Crippen MR) is 82.4 cm³/mol. The number of ketones is 1. The van der Waals surface area contributed by atoms with Crippen molar-refractivity contribution in [3.05, 3.63) is 65.2 Å². The number of benzene rings is 1. The fourth-order valence-electron chi connectivity index (χ4n) is 1.93. The monoisotopic (exact) mass is 330 g/mol. The number of ether oxygens (including phenoxy) is 1. The number of carbonyl (C=O) groups excluding carboxylic acids is 2. The van der Waals surface area contributed by atoms with Gasteiger partial charge in [0.05, 0.1) is 5.69 Å². The lowest BCUT2D eigenvalue weighted by Crippen LogP contribution is -2.14. The van der Waals surface area contributed by atoms with Crippen LogP contribution >= 0.6 is 11.6 Å². The Balaban J connectivity index is 1.63. The molecule has 1 aromatic carbocycles. The van der Waals surface area contributed by atoms with Crippen LogP contribution in [0.4, 0.5) is 0 Å². The summed E-state index contributed by atoms with van der Waals surface area (Å²) in [5.74, 6) is -1.11. The molecule has 0 amide bonds. The highest BCUT2D eigenvalue weighted by atomic mass is 35.5. The fraction of sp³-hybridized carbons (Fsp3) is 0.0625. The number of aromatic amines is 1. The number of esters is 1. The van der Waals surface area contributed by atoms with Crippen molar-refractivity contribution in [3.8, 4) is 11.3 Å². The van der Waals surface area contributed by atoms with Crippen molar-refractivity contribution in [2.75, 3.05) is 6.61 Å². The smallest absolute Gasteiger partial charge is 0.356 e. The third kappa shape index (κ3) is 3.49. The number of H-pyrrole nitrogens is 1. The van der Waals surface area contributed by atoms with Crippen molar-refractivity contribution in [2.24, 2.45) is 0 Å². The predicted octanol–water partition coefficient (Wildman–Crippen LogP) is 3.36. The van der Waals surface area contributed by atoms with Crippen LogP contribution < -0.4 is 0 Å². The fourth-order valence-corrected chi connectivity index (χ4v) is 2.07. The molecule has 3 aromatic rings. The number of hydrogen-bond donors (Lipinski definition) is 1. The van der Waals surface area contributed by atoms with E-state index in [1.54, 1.807) is 6.07 Å². The van der Waals surface area contributed by atoms with Crippen LogP contribution in [0.5, 0.6) is 0 Å². The molecule has 0 unspecified atom stereocenters. The minimum atomic E-state index is -0.675. The molecule has 0 spiro atoms. The van der Waals surface area contributed by atoms with Crippen molar-refractivity contribution in [1.29, 1.82) is 0 Å². The maximum absolute atomic E-state index is 11.9. The van der Waals surface area contributed by atoms with Crippen molar-refractivity contribution in [2.45, 2.75) is 0 Å². The summed E-state index contributed by atoms with van der Waals surface area (Å²) >= 11 is 5.58. The number of aromatic nitrogens is 2. The lowest BCUT2D eigenvalue weighted by atomic mass is 10.1. The highest BCUT2D eigenvalue weighted by molar-refractivity contribution is 6.29. The molecule has 2 aromatic heterocycles. The first-order valence-corrected chi connectivity index (χ1v) is 7.08. The zero-order chi connectivity index (χ0) is 16.2. The number of nitrogens with zero attached hydrogens (tertiary/aromatic N) is 1. The summed E-state index contributed by atoms with van der Waals surface area (Å²) in [4.78, 5) is 23.7. The van der Waals surface area contributed by atoms with Crippen LogP contribution in [0.25, 0.3) is 11.3 Å². The maximum atomic E-state index is 11.9. The summed E-state index contributed by atoms with van der Waals surface area (Å²) in [7, 11) is 0. The van der Waals surface area contributed by atoms with Gasteiger partial charge in [-0.3, -0.25) is 9.89 Å². The van der Waals surface area contributed by atoms with Crippen LogP contribution in [0.2, 0.25) is 5.22 Å². The number of nitrogens with one attached hydrogen (secondary N) is 1. The lowest BCUT2D eigenvalue weighted by molar-refractivity contribution is 0.0462. The second-order valence-electron chi connectivity index (χ2n) is 4.64. The molecule has 0 fully saturated rings. The van der Waals surface area contributed by atoms with Gasteiger partial charge in [0, 0.05) is 5.56 Å². The van der Waals surface area contributed by atoms with Gasteiger partial charge in [-0.1, -0.05) is 30.3 Å². The Hall–Kier alpha value is -2.86. The minimum Gasteiger partial charge on any atom is -0.452 e. The van der Waals surface area contributed by atoms with E-state index >= 15 is 0 Å². The van der Waals surface area contributed by atoms with Gasteiger partial charge < -0.3 is 9.15 Å². The molecule has 0 radical (unpaired) electrons. The number of halogens is 1. The van der Waals surface area contributed by atoms with Gasteiger partial charge in [0.1, 0.15) is 5.69 Å². The molecule has 7 heteroatoms. The second-order valence-corrected chi connectivity index (χ2v) is 5.01. The number of carbonyl (C=O) groups is 2. The molecule has 6 nitrogen and oxygen atoms in total. The van der Waals surface area contributed by atoms with Gasteiger partial charge in [-0.15, -0.1) is 0 Å². The van der Waals surface area contributed by atoms with Gasteiger partial charge in [0.2, 0.25) is 5.78 Å². The second kappa shape index (κ2) is 6.50. The number of hydrogen-bond acceptors (Lipinski definition) is 5. The van der Waals surface area contributed by atoms with Crippen molar-refractivity contribution >= 4 is 23.4 Å². The Morgan fingerprint density at radius 2 is 1.96 bits per heavy atom.